The highest BCUT2D eigenvalue weighted by Crippen LogP contribution is 2.23. The fraction of sp³-hybridized carbons (Fsp3) is 0.765. The molecular formula is C17H28N2O4. The van der Waals surface area contributed by atoms with Gasteiger partial charge in [-0.1, -0.05) is 0 Å². The van der Waals surface area contributed by atoms with Crippen LogP contribution in [0.3, 0.4) is 0 Å². The molecule has 0 saturated carbocycles. The highest BCUT2D eigenvalue weighted by molar-refractivity contribution is 5.71. The molecule has 1 saturated heterocycles. The lowest BCUT2D eigenvalue weighted by Gasteiger charge is -2.27. The van der Waals surface area contributed by atoms with Gasteiger partial charge in [0.15, 0.2) is 0 Å². The normalized spacial score (nSPS) is 21.5. The topological polar surface area (TPSA) is 67.9 Å². The van der Waals surface area contributed by atoms with E-state index in [9.17, 15) is 9.59 Å². The lowest BCUT2D eigenvalue weighted by Crippen LogP contribution is -2.43. The molecule has 1 aliphatic rings. The molecule has 1 fully saturated rings. The van der Waals surface area contributed by atoms with Gasteiger partial charge in [-0.15, -0.1) is 12.3 Å². The van der Waals surface area contributed by atoms with E-state index in [-0.39, 0.29) is 12.1 Å². The Kier molecular flexibility index (Phi) is 5.92. The van der Waals surface area contributed by atoms with Crippen LogP contribution in [0.15, 0.2) is 0 Å². The molecular weight excluding hydrogens is 296 g/mol. The number of ether oxygens (including phenoxy) is 2. The van der Waals surface area contributed by atoms with Crippen molar-refractivity contribution in [1.29, 1.82) is 0 Å². The predicted octanol–water partition coefficient (Wildman–Crippen LogP) is 2.91. The van der Waals surface area contributed by atoms with E-state index in [0.29, 0.717) is 19.4 Å². The summed E-state index contributed by atoms with van der Waals surface area (Å²) in [7, 11) is 0. The monoisotopic (exact) mass is 324 g/mol. The van der Waals surface area contributed by atoms with Crippen molar-refractivity contribution in [3.63, 3.8) is 0 Å². The third-order valence-corrected chi connectivity index (χ3v) is 3.12. The van der Waals surface area contributed by atoms with Crippen LogP contribution in [0, 0.1) is 12.3 Å². The van der Waals surface area contributed by atoms with Crippen LogP contribution in [0.4, 0.5) is 9.59 Å². The Morgan fingerprint density at radius 2 is 1.74 bits per heavy atom. The highest BCUT2D eigenvalue weighted by Gasteiger charge is 2.38. The average Bonchev–Trinajstić information content (AvgIpc) is 2.67. The summed E-state index contributed by atoms with van der Waals surface area (Å²) in [4.78, 5) is 25.8. The van der Waals surface area contributed by atoms with Crippen molar-refractivity contribution in [2.75, 3.05) is 6.54 Å². The van der Waals surface area contributed by atoms with E-state index in [1.165, 1.54) is 0 Å². The molecule has 0 aromatic heterocycles. The Labute approximate surface area is 138 Å². The minimum atomic E-state index is -0.575. The Morgan fingerprint density at radius 3 is 2.22 bits per heavy atom. The zero-order valence-corrected chi connectivity index (χ0v) is 14.9. The second-order valence-corrected chi connectivity index (χ2v) is 7.77. The fourth-order valence-electron chi connectivity index (χ4n) is 2.37. The second-order valence-electron chi connectivity index (χ2n) is 7.77. The van der Waals surface area contributed by atoms with Crippen LogP contribution >= 0.6 is 0 Å². The summed E-state index contributed by atoms with van der Waals surface area (Å²) in [6.07, 6.45) is 5.49. The Bertz CT molecular complexity index is 482. The largest absolute Gasteiger partial charge is 0.444 e. The average molecular weight is 324 g/mol. The number of likely N-dealkylation sites (tertiary alicyclic amines) is 1. The van der Waals surface area contributed by atoms with Gasteiger partial charge in [-0.3, -0.25) is 0 Å². The first kappa shape index (κ1) is 19.1. The molecule has 0 aliphatic carbocycles. The third kappa shape index (κ3) is 6.81. The number of nitrogens with zero attached hydrogens (tertiary/aromatic N) is 1. The first-order valence-electron chi connectivity index (χ1n) is 7.84. The summed E-state index contributed by atoms with van der Waals surface area (Å²) in [5.41, 5.74) is -1.14. The summed E-state index contributed by atoms with van der Waals surface area (Å²) < 4.78 is 10.7. The van der Waals surface area contributed by atoms with Gasteiger partial charge in [-0.2, -0.15) is 0 Å². The molecule has 130 valence electrons. The van der Waals surface area contributed by atoms with Gasteiger partial charge in [0.05, 0.1) is 6.04 Å². The van der Waals surface area contributed by atoms with Gasteiger partial charge in [-0.25, -0.2) is 9.59 Å². The molecule has 2 atom stereocenters. The summed E-state index contributed by atoms with van der Waals surface area (Å²) in [6, 6.07) is -0.342. The van der Waals surface area contributed by atoms with E-state index >= 15 is 0 Å². The molecule has 0 aromatic carbocycles. The molecule has 0 aromatic rings. The summed E-state index contributed by atoms with van der Waals surface area (Å²) in [6.45, 7) is 11.2. The molecule has 0 spiro atoms. The molecule has 2 amide bonds. The summed E-state index contributed by atoms with van der Waals surface area (Å²) in [5.74, 6) is 2.58. The second kappa shape index (κ2) is 7.12. The number of hydrogen-bond acceptors (Lipinski definition) is 4. The van der Waals surface area contributed by atoms with Crippen LogP contribution in [0.2, 0.25) is 0 Å². The number of hydrogen-bond donors (Lipinski definition) is 1. The lowest BCUT2D eigenvalue weighted by atomic mass is 10.1. The van der Waals surface area contributed by atoms with E-state index in [1.807, 2.05) is 20.8 Å². The number of carbonyl (C=O) groups is 2. The lowest BCUT2D eigenvalue weighted by molar-refractivity contribution is 0.0221. The number of terminal acetylenes is 1. The quantitative estimate of drug-likeness (QED) is 0.793. The molecule has 1 aliphatic heterocycles. The number of carbonyl (C=O) groups excluding carboxylic acids is 2. The Hall–Kier alpha value is -1.90. The molecule has 1 N–H and O–H groups in total. The minimum absolute atomic E-state index is 0.144. The van der Waals surface area contributed by atoms with Crippen molar-refractivity contribution in [2.24, 2.45) is 0 Å². The van der Waals surface area contributed by atoms with E-state index in [4.69, 9.17) is 15.9 Å². The molecule has 2 unspecified atom stereocenters. The van der Waals surface area contributed by atoms with Gasteiger partial charge < -0.3 is 19.7 Å². The van der Waals surface area contributed by atoms with Crippen LogP contribution in [0.25, 0.3) is 0 Å². The molecule has 1 heterocycles. The van der Waals surface area contributed by atoms with Gasteiger partial charge >= 0.3 is 12.2 Å². The number of rotatable bonds is 2. The highest BCUT2D eigenvalue weighted by atomic mass is 16.6. The molecule has 23 heavy (non-hydrogen) atoms. The molecule has 6 heteroatoms. The molecule has 6 nitrogen and oxygen atoms in total. The van der Waals surface area contributed by atoms with Crippen LogP contribution in [0.5, 0.6) is 0 Å². The van der Waals surface area contributed by atoms with E-state index in [2.05, 4.69) is 11.2 Å². The zero-order valence-electron chi connectivity index (χ0n) is 14.9. The van der Waals surface area contributed by atoms with Crippen molar-refractivity contribution >= 4 is 12.2 Å². The van der Waals surface area contributed by atoms with Crippen molar-refractivity contribution in [3.8, 4) is 12.3 Å². The van der Waals surface area contributed by atoms with Gasteiger partial charge in [0.1, 0.15) is 11.2 Å². The third-order valence-electron chi connectivity index (χ3n) is 3.12. The van der Waals surface area contributed by atoms with Crippen LogP contribution < -0.4 is 5.32 Å². The van der Waals surface area contributed by atoms with Crippen molar-refractivity contribution < 1.29 is 19.1 Å². The van der Waals surface area contributed by atoms with Crippen LogP contribution in [-0.4, -0.2) is 46.9 Å². The Morgan fingerprint density at radius 1 is 1.17 bits per heavy atom. The van der Waals surface area contributed by atoms with Crippen LogP contribution in [-0.2, 0) is 9.47 Å². The molecule has 0 bridgehead atoms. The maximum atomic E-state index is 12.3. The maximum absolute atomic E-state index is 12.3. The van der Waals surface area contributed by atoms with Gasteiger partial charge in [0, 0.05) is 19.0 Å². The van der Waals surface area contributed by atoms with Gasteiger partial charge in [-0.05, 0) is 48.0 Å². The van der Waals surface area contributed by atoms with Gasteiger partial charge in [0.25, 0.3) is 0 Å². The number of nitrogens with one attached hydrogen (secondary N) is 1. The first-order valence-corrected chi connectivity index (χ1v) is 7.84. The molecule has 1 rings (SSSR count). The van der Waals surface area contributed by atoms with E-state index in [0.717, 1.165) is 0 Å². The number of alkyl carbamates (subject to hydrolysis) is 1. The fourth-order valence-corrected chi connectivity index (χ4v) is 2.37. The van der Waals surface area contributed by atoms with Crippen molar-refractivity contribution in [3.05, 3.63) is 0 Å². The SMILES string of the molecule is C#CCC1CC(NC(=O)OC(C)(C)C)CN1C(=O)OC(C)(C)C. The molecule has 0 radical (unpaired) electrons. The Balaban J connectivity index is 2.69. The van der Waals surface area contributed by atoms with Crippen LogP contribution in [0.1, 0.15) is 54.4 Å². The smallest absolute Gasteiger partial charge is 0.410 e. The van der Waals surface area contributed by atoms with E-state index in [1.54, 1.807) is 25.7 Å². The first-order chi connectivity index (χ1) is 10.4. The van der Waals surface area contributed by atoms with Crippen molar-refractivity contribution in [1.82, 2.24) is 10.2 Å². The number of amides is 2. The standard InChI is InChI=1S/C17H28N2O4/c1-8-9-13-10-12(18-14(20)22-16(2,3)4)11-19(13)15(21)23-17(5,6)7/h1,12-13H,9-11H2,2-7H3,(H,18,20). The minimum Gasteiger partial charge on any atom is -0.444 e. The summed E-state index contributed by atoms with van der Waals surface area (Å²) >= 11 is 0. The van der Waals surface area contributed by atoms with Crippen molar-refractivity contribution in [2.45, 2.75) is 77.7 Å². The predicted molar refractivity (Wildman–Crippen MR) is 88.0 cm³/mol. The van der Waals surface area contributed by atoms with Gasteiger partial charge in [0.2, 0.25) is 0 Å². The maximum Gasteiger partial charge on any atom is 0.410 e. The summed E-state index contributed by atoms with van der Waals surface area (Å²) in [5, 5.41) is 2.79. The zero-order chi connectivity index (χ0) is 17.8. The van der Waals surface area contributed by atoms with E-state index < -0.39 is 23.4 Å².